The SMILES string of the molecule is COC(=O)c1cc(Cl)ccc1Nc1cc(C2COCCN2)nc2ccc(Cl)cc12. The summed E-state index contributed by atoms with van der Waals surface area (Å²) in [6.45, 7) is 1.98. The predicted molar refractivity (Wildman–Crippen MR) is 114 cm³/mol. The zero-order valence-corrected chi connectivity index (χ0v) is 17.2. The van der Waals surface area contributed by atoms with Gasteiger partial charge in [0, 0.05) is 27.7 Å². The number of carbonyl (C=O) groups excluding carboxylic acids is 1. The number of aromatic nitrogens is 1. The summed E-state index contributed by atoms with van der Waals surface area (Å²) in [6, 6.07) is 12.5. The molecule has 3 aromatic rings. The van der Waals surface area contributed by atoms with Gasteiger partial charge in [-0.1, -0.05) is 23.2 Å². The fraction of sp³-hybridized carbons (Fsp3) is 0.238. The van der Waals surface area contributed by atoms with Gasteiger partial charge in [-0.2, -0.15) is 0 Å². The summed E-state index contributed by atoms with van der Waals surface area (Å²) in [6.07, 6.45) is 0. The van der Waals surface area contributed by atoms with E-state index in [-0.39, 0.29) is 6.04 Å². The second kappa shape index (κ2) is 8.55. The second-order valence-corrected chi connectivity index (χ2v) is 7.52. The molecule has 2 N–H and O–H groups in total. The summed E-state index contributed by atoms with van der Waals surface area (Å²) in [5, 5.41) is 8.63. The number of esters is 1. The highest BCUT2D eigenvalue weighted by molar-refractivity contribution is 6.31. The molecule has 2 aromatic carbocycles. The van der Waals surface area contributed by atoms with Gasteiger partial charge >= 0.3 is 5.97 Å². The number of benzene rings is 2. The van der Waals surface area contributed by atoms with Crippen molar-refractivity contribution in [3.8, 4) is 0 Å². The van der Waals surface area contributed by atoms with Crippen LogP contribution in [-0.2, 0) is 9.47 Å². The van der Waals surface area contributed by atoms with Crippen LogP contribution < -0.4 is 10.6 Å². The molecular weight excluding hydrogens is 413 g/mol. The van der Waals surface area contributed by atoms with Crippen LogP contribution in [0.1, 0.15) is 22.1 Å². The Balaban J connectivity index is 1.82. The van der Waals surface area contributed by atoms with E-state index in [1.807, 2.05) is 18.2 Å². The van der Waals surface area contributed by atoms with Crippen molar-refractivity contribution in [2.75, 3.05) is 32.2 Å². The van der Waals surface area contributed by atoms with Crippen molar-refractivity contribution in [1.29, 1.82) is 0 Å². The summed E-state index contributed by atoms with van der Waals surface area (Å²) in [5.41, 5.74) is 3.32. The van der Waals surface area contributed by atoms with Gasteiger partial charge in [0.25, 0.3) is 0 Å². The van der Waals surface area contributed by atoms with Crippen LogP contribution in [0.2, 0.25) is 10.0 Å². The van der Waals surface area contributed by atoms with Crippen molar-refractivity contribution in [3.05, 3.63) is 63.8 Å². The van der Waals surface area contributed by atoms with E-state index in [1.165, 1.54) is 7.11 Å². The summed E-state index contributed by atoms with van der Waals surface area (Å²) >= 11 is 12.3. The first-order valence-electron chi connectivity index (χ1n) is 9.11. The van der Waals surface area contributed by atoms with Gasteiger partial charge in [-0.3, -0.25) is 4.98 Å². The Morgan fingerprint density at radius 2 is 1.97 bits per heavy atom. The highest BCUT2D eigenvalue weighted by atomic mass is 35.5. The number of nitrogens with one attached hydrogen (secondary N) is 2. The molecule has 6 nitrogen and oxygen atoms in total. The average Bonchev–Trinajstić information content (AvgIpc) is 2.75. The molecule has 4 rings (SSSR count). The molecule has 0 spiro atoms. The van der Waals surface area contributed by atoms with Gasteiger partial charge in [-0.15, -0.1) is 0 Å². The van der Waals surface area contributed by atoms with E-state index >= 15 is 0 Å². The van der Waals surface area contributed by atoms with Crippen molar-refractivity contribution in [2.24, 2.45) is 0 Å². The number of fused-ring (bicyclic) bond motifs is 1. The molecule has 0 radical (unpaired) electrons. The molecule has 0 aliphatic carbocycles. The lowest BCUT2D eigenvalue weighted by atomic mass is 10.1. The predicted octanol–water partition coefficient (Wildman–Crippen LogP) is 4.73. The maximum absolute atomic E-state index is 12.2. The number of hydrogen-bond acceptors (Lipinski definition) is 6. The standard InChI is InChI=1S/C21H19Cl2N3O3/c1-28-21(27)15-9-13(23)3-5-17(15)25-18-10-19(20-11-29-7-6-24-20)26-16-4-2-12(22)8-14(16)18/h2-5,8-10,20,24H,6-7,11H2,1H3,(H,25,26). The Bertz CT molecular complexity index is 1070. The first kappa shape index (κ1) is 19.9. The van der Waals surface area contributed by atoms with Crippen LogP contribution in [-0.4, -0.2) is 37.8 Å². The largest absolute Gasteiger partial charge is 0.465 e. The minimum Gasteiger partial charge on any atom is -0.465 e. The third kappa shape index (κ3) is 4.31. The highest BCUT2D eigenvalue weighted by Gasteiger charge is 2.20. The summed E-state index contributed by atoms with van der Waals surface area (Å²) in [5.74, 6) is -0.478. The Labute approximate surface area is 178 Å². The van der Waals surface area contributed by atoms with E-state index in [2.05, 4.69) is 10.6 Å². The summed E-state index contributed by atoms with van der Waals surface area (Å²) in [4.78, 5) is 17.0. The molecule has 0 bridgehead atoms. The number of halogens is 2. The maximum Gasteiger partial charge on any atom is 0.340 e. The average molecular weight is 432 g/mol. The summed E-state index contributed by atoms with van der Waals surface area (Å²) < 4.78 is 10.5. The van der Waals surface area contributed by atoms with E-state index < -0.39 is 5.97 Å². The lowest BCUT2D eigenvalue weighted by Gasteiger charge is -2.24. The maximum atomic E-state index is 12.2. The van der Waals surface area contributed by atoms with Crippen LogP contribution in [0, 0.1) is 0 Å². The molecule has 1 aliphatic heterocycles. The number of hydrogen-bond donors (Lipinski definition) is 2. The molecule has 2 heterocycles. The smallest absolute Gasteiger partial charge is 0.340 e. The molecule has 150 valence electrons. The number of ether oxygens (including phenoxy) is 2. The van der Waals surface area contributed by atoms with Crippen molar-refractivity contribution in [2.45, 2.75) is 6.04 Å². The quantitative estimate of drug-likeness (QED) is 0.581. The minimum absolute atomic E-state index is 0.0188. The minimum atomic E-state index is -0.478. The van der Waals surface area contributed by atoms with E-state index in [4.69, 9.17) is 37.7 Å². The zero-order chi connectivity index (χ0) is 20.4. The number of rotatable bonds is 4. The number of pyridine rings is 1. The van der Waals surface area contributed by atoms with Crippen molar-refractivity contribution in [3.63, 3.8) is 0 Å². The van der Waals surface area contributed by atoms with Gasteiger partial charge in [0.05, 0.1) is 48.8 Å². The van der Waals surface area contributed by atoms with Crippen LogP contribution in [0.4, 0.5) is 11.4 Å². The van der Waals surface area contributed by atoms with Crippen LogP contribution in [0.3, 0.4) is 0 Å². The highest BCUT2D eigenvalue weighted by Crippen LogP contribution is 2.33. The van der Waals surface area contributed by atoms with Crippen molar-refractivity contribution in [1.82, 2.24) is 10.3 Å². The topological polar surface area (TPSA) is 72.5 Å². The molecule has 0 amide bonds. The Morgan fingerprint density at radius 3 is 2.72 bits per heavy atom. The molecule has 1 saturated heterocycles. The lowest BCUT2D eigenvalue weighted by Crippen LogP contribution is -2.35. The molecule has 0 saturated carbocycles. The van der Waals surface area contributed by atoms with Gasteiger partial charge in [-0.05, 0) is 42.5 Å². The number of carbonyl (C=O) groups is 1. The Kier molecular flexibility index (Phi) is 5.87. The normalized spacial score (nSPS) is 16.6. The van der Waals surface area contributed by atoms with Crippen molar-refractivity contribution >= 4 is 51.4 Å². The van der Waals surface area contributed by atoms with Gasteiger partial charge in [0.2, 0.25) is 0 Å². The Hall–Kier alpha value is -2.38. The Morgan fingerprint density at radius 1 is 1.17 bits per heavy atom. The van der Waals surface area contributed by atoms with E-state index in [0.29, 0.717) is 34.5 Å². The van der Waals surface area contributed by atoms with Crippen LogP contribution in [0.15, 0.2) is 42.5 Å². The fourth-order valence-electron chi connectivity index (χ4n) is 3.31. The number of anilines is 2. The molecule has 1 aromatic heterocycles. The van der Waals surface area contributed by atoms with Crippen LogP contribution in [0.25, 0.3) is 10.9 Å². The van der Waals surface area contributed by atoms with Gasteiger partial charge < -0.3 is 20.1 Å². The van der Waals surface area contributed by atoms with Crippen molar-refractivity contribution < 1.29 is 14.3 Å². The van der Waals surface area contributed by atoms with Crippen LogP contribution >= 0.6 is 23.2 Å². The van der Waals surface area contributed by atoms with E-state index in [0.717, 1.165) is 28.8 Å². The third-order valence-corrected chi connectivity index (χ3v) is 5.20. The molecule has 1 atom stereocenters. The lowest BCUT2D eigenvalue weighted by molar-refractivity contribution is 0.0602. The molecule has 1 unspecified atom stereocenters. The second-order valence-electron chi connectivity index (χ2n) is 6.64. The molecular formula is C21H19Cl2N3O3. The molecule has 1 fully saturated rings. The van der Waals surface area contributed by atoms with Crippen LogP contribution in [0.5, 0.6) is 0 Å². The van der Waals surface area contributed by atoms with Gasteiger partial charge in [-0.25, -0.2) is 4.79 Å². The first-order chi connectivity index (χ1) is 14.0. The van der Waals surface area contributed by atoms with Gasteiger partial charge in [0.15, 0.2) is 0 Å². The molecule has 29 heavy (non-hydrogen) atoms. The summed E-state index contributed by atoms with van der Waals surface area (Å²) in [7, 11) is 1.33. The zero-order valence-electron chi connectivity index (χ0n) is 15.7. The van der Waals surface area contributed by atoms with E-state index in [1.54, 1.807) is 24.3 Å². The fourth-order valence-corrected chi connectivity index (χ4v) is 3.65. The molecule has 1 aliphatic rings. The van der Waals surface area contributed by atoms with Gasteiger partial charge in [0.1, 0.15) is 0 Å². The monoisotopic (exact) mass is 431 g/mol. The molecule has 8 heteroatoms. The number of methoxy groups -OCH3 is 1. The first-order valence-corrected chi connectivity index (χ1v) is 9.87. The number of morpholine rings is 1. The number of nitrogens with zero attached hydrogens (tertiary/aromatic N) is 1. The third-order valence-electron chi connectivity index (χ3n) is 4.73. The van der Waals surface area contributed by atoms with E-state index in [9.17, 15) is 4.79 Å².